The largest absolute Gasteiger partial charge is 0.632 e. The molecule has 0 aliphatic carbocycles. The standard InChI is InChI=1S/C17H17NO4/c1-18(19)7-8-20-14-10-16-15(21-11-22-16)9-13(14)17(18)12-5-3-2-4-6-12/h2-6,9-10,17H,7-8,11H2,1H3. The summed E-state index contributed by atoms with van der Waals surface area (Å²) in [5.74, 6) is 2.05. The molecule has 4 rings (SSSR count). The third-order valence-corrected chi connectivity index (χ3v) is 4.25. The van der Waals surface area contributed by atoms with Crippen LogP contribution in [0.15, 0.2) is 42.5 Å². The summed E-state index contributed by atoms with van der Waals surface area (Å²) >= 11 is 0. The van der Waals surface area contributed by atoms with Gasteiger partial charge in [0.05, 0.1) is 12.6 Å². The number of ether oxygens (including phenoxy) is 3. The summed E-state index contributed by atoms with van der Waals surface area (Å²) in [5, 5.41) is 13.1. The Morgan fingerprint density at radius 1 is 1.00 bits per heavy atom. The Hall–Kier alpha value is -2.24. The molecular formula is C17H17NO4. The summed E-state index contributed by atoms with van der Waals surface area (Å²) in [5.41, 5.74) is 1.83. The van der Waals surface area contributed by atoms with Crippen molar-refractivity contribution in [2.24, 2.45) is 0 Å². The molecule has 0 spiro atoms. The van der Waals surface area contributed by atoms with Crippen molar-refractivity contribution >= 4 is 0 Å². The monoisotopic (exact) mass is 299 g/mol. The third-order valence-electron chi connectivity index (χ3n) is 4.25. The van der Waals surface area contributed by atoms with Crippen LogP contribution in [0.5, 0.6) is 17.2 Å². The molecule has 2 unspecified atom stereocenters. The summed E-state index contributed by atoms with van der Waals surface area (Å²) < 4.78 is 16.3. The molecule has 2 aliphatic rings. The minimum absolute atomic E-state index is 0.206. The molecule has 0 bridgehead atoms. The van der Waals surface area contributed by atoms with Gasteiger partial charge >= 0.3 is 0 Å². The second kappa shape index (κ2) is 4.90. The van der Waals surface area contributed by atoms with Gasteiger partial charge in [-0.2, -0.15) is 0 Å². The number of benzene rings is 2. The molecule has 2 aromatic carbocycles. The molecule has 2 aliphatic heterocycles. The van der Waals surface area contributed by atoms with Gasteiger partial charge in [0.25, 0.3) is 0 Å². The van der Waals surface area contributed by atoms with Crippen molar-refractivity contribution in [1.29, 1.82) is 0 Å². The lowest BCUT2D eigenvalue weighted by Crippen LogP contribution is -2.43. The molecule has 0 amide bonds. The Balaban J connectivity index is 1.91. The fraction of sp³-hybridized carbons (Fsp3) is 0.294. The van der Waals surface area contributed by atoms with Crippen LogP contribution in [-0.4, -0.2) is 31.6 Å². The van der Waals surface area contributed by atoms with Crippen LogP contribution < -0.4 is 14.2 Å². The maximum atomic E-state index is 13.1. The molecule has 5 heteroatoms. The van der Waals surface area contributed by atoms with Crippen LogP contribution in [0.4, 0.5) is 0 Å². The van der Waals surface area contributed by atoms with Gasteiger partial charge in [0.2, 0.25) is 6.79 Å². The molecule has 0 saturated carbocycles. The van der Waals surface area contributed by atoms with Crippen LogP contribution >= 0.6 is 0 Å². The van der Waals surface area contributed by atoms with E-state index in [9.17, 15) is 5.21 Å². The molecule has 0 fully saturated rings. The minimum atomic E-state index is -0.406. The van der Waals surface area contributed by atoms with Gasteiger partial charge in [-0.05, 0) is 6.07 Å². The van der Waals surface area contributed by atoms with Crippen molar-refractivity contribution in [3.8, 4) is 17.2 Å². The van der Waals surface area contributed by atoms with Gasteiger partial charge in [0.15, 0.2) is 11.5 Å². The maximum absolute atomic E-state index is 13.1. The van der Waals surface area contributed by atoms with E-state index < -0.39 is 4.65 Å². The van der Waals surface area contributed by atoms with Gasteiger partial charge in [0.1, 0.15) is 24.9 Å². The van der Waals surface area contributed by atoms with E-state index in [2.05, 4.69) is 0 Å². The van der Waals surface area contributed by atoms with E-state index in [1.165, 1.54) is 0 Å². The topological polar surface area (TPSA) is 50.8 Å². The molecule has 0 N–H and O–H groups in total. The number of hydrogen-bond donors (Lipinski definition) is 0. The molecule has 5 nitrogen and oxygen atoms in total. The highest BCUT2D eigenvalue weighted by Crippen LogP contribution is 2.46. The molecule has 0 radical (unpaired) electrons. The Morgan fingerprint density at radius 2 is 1.73 bits per heavy atom. The van der Waals surface area contributed by atoms with Crippen LogP contribution in [0.2, 0.25) is 0 Å². The lowest BCUT2D eigenvalue weighted by molar-refractivity contribution is -0.885. The lowest BCUT2D eigenvalue weighted by atomic mass is 9.96. The van der Waals surface area contributed by atoms with Gasteiger partial charge in [-0.25, -0.2) is 0 Å². The predicted molar refractivity (Wildman–Crippen MR) is 80.8 cm³/mol. The number of quaternary nitrogens is 1. The van der Waals surface area contributed by atoms with Crippen LogP contribution in [0.3, 0.4) is 0 Å². The number of rotatable bonds is 1. The first-order valence-electron chi connectivity index (χ1n) is 7.33. The molecular weight excluding hydrogens is 282 g/mol. The number of nitrogens with zero attached hydrogens (tertiary/aromatic N) is 1. The van der Waals surface area contributed by atoms with Crippen LogP contribution in [0, 0.1) is 5.21 Å². The minimum Gasteiger partial charge on any atom is -0.632 e. The summed E-state index contributed by atoms with van der Waals surface area (Å²) in [7, 11) is 1.70. The van der Waals surface area contributed by atoms with E-state index in [1.807, 2.05) is 42.5 Å². The summed E-state index contributed by atoms with van der Waals surface area (Å²) in [6.07, 6.45) is 0. The van der Waals surface area contributed by atoms with Gasteiger partial charge in [-0.15, -0.1) is 0 Å². The molecule has 0 saturated heterocycles. The van der Waals surface area contributed by atoms with Crippen LogP contribution in [-0.2, 0) is 0 Å². The Kier molecular flexibility index (Phi) is 2.99. The highest BCUT2D eigenvalue weighted by Gasteiger charge is 2.35. The van der Waals surface area contributed by atoms with E-state index >= 15 is 0 Å². The molecule has 22 heavy (non-hydrogen) atoms. The second-order valence-corrected chi connectivity index (χ2v) is 5.80. The zero-order valence-corrected chi connectivity index (χ0v) is 12.3. The van der Waals surface area contributed by atoms with E-state index in [-0.39, 0.29) is 12.8 Å². The smallest absolute Gasteiger partial charge is 0.231 e. The Morgan fingerprint density at radius 3 is 2.50 bits per heavy atom. The van der Waals surface area contributed by atoms with Crippen LogP contribution in [0.25, 0.3) is 0 Å². The summed E-state index contributed by atoms with van der Waals surface area (Å²) in [4.78, 5) is 0. The predicted octanol–water partition coefficient (Wildman–Crippen LogP) is 2.84. The molecule has 0 aromatic heterocycles. The maximum Gasteiger partial charge on any atom is 0.231 e. The zero-order valence-electron chi connectivity index (χ0n) is 12.3. The van der Waals surface area contributed by atoms with Gasteiger partial charge in [-0.1, -0.05) is 30.3 Å². The molecule has 114 valence electrons. The number of fused-ring (bicyclic) bond motifs is 2. The van der Waals surface area contributed by atoms with Gasteiger partial charge in [0, 0.05) is 11.6 Å². The molecule has 2 heterocycles. The quantitative estimate of drug-likeness (QED) is 0.600. The van der Waals surface area contributed by atoms with Gasteiger partial charge in [-0.3, -0.25) is 0 Å². The second-order valence-electron chi connectivity index (χ2n) is 5.80. The zero-order chi connectivity index (χ0) is 15.2. The highest BCUT2D eigenvalue weighted by molar-refractivity contribution is 5.54. The Bertz CT molecular complexity index is 699. The highest BCUT2D eigenvalue weighted by atomic mass is 16.7. The van der Waals surface area contributed by atoms with Crippen molar-refractivity contribution in [3.63, 3.8) is 0 Å². The first-order chi connectivity index (χ1) is 10.6. The fourth-order valence-electron chi connectivity index (χ4n) is 3.17. The average Bonchev–Trinajstić information content (AvgIpc) is 2.90. The number of hydroxylamine groups is 3. The summed E-state index contributed by atoms with van der Waals surface area (Å²) in [6, 6.07) is 13.2. The lowest BCUT2D eigenvalue weighted by Gasteiger charge is -2.44. The Labute approximate surface area is 128 Å². The normalized spacial score (nSPS) is 26.0. The summed E-state index contributed by atoms with van der Waals surface area (Å²) in [6.45, 7) is 0.980. The first-order valence-corrected chi connectivity index (χ1v) is 7.33. The molecule has 2 aromatic rings. The number of likely N-dealkylation sites (N-methyl/N-ethyl adjacent to an activating group) is 1. The van der Waals surface area contributed by atoms with E-state index in [1.54, 1.807) is 7.05 Å². The van der Waals surface area contributed by atoms with Crippen molar-refractivity contribution in [2.75, 3.05) is 27.0 Å². The van der Waals surface area contributed by atoms with E-state index in [4.69, 9.17) is 14.2 Å². The van der Waals surface area contributed by atoms with Crippen molar-refractivity contribution < 1.29 is 18.9 Å². The van der Waals surface area contributed by atoms with Crippen molar-refractivity contribution in [2.45, 2.75) is 6.04 Å². The number of hydrogen-bond acceptors (Lipinski definition) is 4. The first kappa shape index (κ1) is 13.4. The average molecular weight is 299 g/mol. The van der Waals surface area contributed by atoms with Crippen molar-refractivity contribution in [1.82, 2.24) is 0 Å². The molecule has 2 atom stereocenters. The SMILES string of the molecule is C[N+]1([O-])CCOc2cc3c(cc2C1c1ccccc1)OCO3. The van der Waals surface area contributed by atoms with E-state index in [0.29, 0.717) is 30.4 Å². The van der Waals surface area contributed by atoms with E-state index in [0.717, 1.165) is 11.1 Å². The third kappa shape index (κ3) is 2.10. The van der Waals surface area contributed by atoms with Crippen molar-refractivity contribution in [3.05, 3.63) is 58.8 Å². The van der Waals surface area contributed by atoms with Gasteiger partial charge < -0.3 is 24.1 Å². The fourth-order valence-corrected chi connectivity index (χ4v) is 3.17. The van der Waals surface area contributed by atoms with Crippen LogP contribution in [0.1, 0.15) is 17.2 Å².